The summed E-state index contributed by atoms with van der Waals surface area (Å²) in [5.74, 6) is 0.945. The van der Waals surface area contributed by atoms with E-state index >= 15 is 0 Å². The van der Waals surface area contributed by atoms with E-state index in [0.717, 1.165) is 6.42 Å². The number of nitrogens with zero attached hydrogens (tertiary/aromatic N) is 1. The first-order valence-corrected chi connectivity index (χ1v) is 4.64. The van der Waals surface area contributed by atoms with Crippen molar-refractivity contribution in [2.24, 2.45) is 16.8 Å². The van der Waals surface area contributed by atoms with E-state index in [-0.39, 0.29) is 5.54 Å². The number of rotatable bonds is 4. The molecule has 70 valence electrons. The summed E-state index contributed by atoms with van der Waals surface area (Å²) in [6.07, 6.45) is 0.980. The topological polar surface area (TPSA) is 36.2 Å². The maximum Gasteiger partial charge on any atom is 0.0867 e. The van der Waals surface area contributed by atoms with Gasteiger partial charge in [-0.25, -0.2) is 10.4 Å². The standard InChI is InChI=1S/C10H20N2/c1-6-10(8(2)3,9(4)5)12-7-11/h8-9,11H,6H2,1-5H3. The van der Waals surface area contributed by atoms with E-state index in [0.29, 0.717) is 11.8 Å². The normalized spacial score (nSPS) is 11.9. The molecule has 0 rings (SSSR count). The highest BCUT2D eigenvalue weighted by Gasteiger charge is 2.34. The summed E-state index contributed by atoms with van der Waals surface area (Å²) < 4.78 is 0. The fourth-order valence-corrected chi connectivity index (χ4v) is 1.92. The molecule has 0 heterocycles. The van der Waals surface area contributed by atoms with Gasteiger partial charge in [-0.15, -0.1) is 0 Å². The van der Waals surface area contributed by atoms with Crippen LogP contribution in [0.25, 0.3) is 0 Å². The fraction of sp³-hybridized carbons (Fsp3) is 0.900. The van der Waals surface area contributed by atoms with Gasteiger partial charge in [0.15, 0.2) is 0 Å². The van der Waals surface area contributed by atoms with Gasteiger partial charge in [-0.3, -0.25) is 0 Å². The molecule has 0 bridgehead atoms. The van der Waals surface area contributed by atoms with E-state index < -0.39 is 0 Å². The molecule has 2 nitrogen and oxygen atoms in total. The number of hydrogen-bond acceptors (Lipinski definition) is 2. The highest BCUT2D eigenvalue weighted by molar-refractivity contribution is 5.37. The van der Waals surface area contributed by atoms with Crippen LogP contribution >= 0.6 is 0 Å². The van der Waals surface area contributed by atoms with Crippen LogP contribution in [0.3, 0.4) is 0 Å². The predicted octanol–water partition coefficient (Wildman–Crippen LogP) is 3.20. The van der Waals surface area contributed by atoms with Crippen molar-refractivity contribution in [1.82, 2.24) is 0 Å². The number of aliphatic imine (C=N–C) groups is 1. The SMILES string of the molecule is CCC(N=C=N)(C(C)C)C(C)C. The van der Waals surface area contributed by atoms with E-state index in [4.69, 9.17) is 5.41 Å². The molecule has 0 aromatic heterocycles. The summed E-state index contributed by atoms with van der Waals surface area (Å²) in [5, 5.41) is 6.93. The van der Waals surface area contributed by atoms with Crippen LogP contribution in [0.5, 0.6) is 0 Å². The van der Waals surface area contributed by atoms with E-state index in [1.54, 1.807) is 0 Å². The molecule has 0 aliphatic carbocycles. The van der Waals surface area contributed by atoms with E-state index in [1.807, 2.05) is 0 Å². The van der Waals surface area contributed by atoms with Crippen molar-refractivity contribution in [2.45, 2.75) is 46.6 Å². The van der Waals surface area contributed by atoms with Crippen LogP contribution in [0, 0.1) is 17.2 Å². The van der Waals surface area contributed by atoms with E-state index in [9.17, 15) is 0 Å². The zero-order chi connectivity index (χ0) is 9.78. The second kappa shape index (κ2) is 4.42. The Hall–Kier alpha value is -0.620. The zero-order valence-corrected chi connectivity index (χ0v) is 8.81. The fourth-order valence-electron chi connectivity index (χ4n) is 1.92. The zero-order valence-electron chi connectivity index (χ0n) is 8.81. The van der Waals surface area contributed by atoms with E-state index in [2.05, 4.69) is 45.6 Å². The molecule has 0 aliphatic rings. The molecule has 0 aromatic rings. The Bertz CT molecular complexity index is 168. The molecule has 0 saturated heterocycles. The van der Waals surface area contributed by atoms with Gasteiger partial charge in [0.05, 0.1) is 11.5 Å². The molecule has 12 heavy (non-hydrogen) atoms. The smallest absolute Gasteiger partial charge is 0.0867 e. The Morgan fingerprint density at radius 3 is 1.75 bits per heavy atom. The Kier molecular flexibility index (Phi) is 4.19. The van der Waals surface area contributed by atoms with Gasteiger partial charge in [-0.05, 0) is 18.3 Å². The number of hydrogen-bond donors (Lipinski definition) is 1. The largest absolute Gasteiger partial charge is 0.242 e. The molecule has 0 atom stereocenters. The van der Waals surface area contributed by atoms with Crippen LogP contribution in [0.15, 0.2) is 4.99 Å². The average Bonchev–Trinajstić information content (AvgIpc) is 1.98. The quantitative estimate of drug-likeness (QED) is 0.626. The number of nitrogens with one attached hydrogen (secondary N) is 1. The van der Waals surface area contributed by atoms with Gasteiger partial charge in [0.25, 0.3) is 0 Å². The third-order valence-electron chi connectivity index (χ3n) is 2.83. The Labute approximate surface area is 75.6 Å². The maximum atomic E-state index is 6.93. The van der Waals surface area contributed by atoms with Crippen molar-refractivity contribution >= 4 is 6.01 Å². The minimum absolute atomic E-state index is 0.0816. The van der Waals surface area contributed by atoms with Crippen molar-refractivity contribution < 1.29 is 0 Å². The van der Waals surface area contributed by atoms with Crippen LogP contribution in [0.2, 0.25) is 0 Å². The first kappa shape index (κ1) is 11.4. The molecule has 0 amide bonds. The van der Waals surface area contributed by atoms with Crippen molar-refractivity contribution in [2.75, 3.05) is 0 Å². The lowest BCUT2D eigenvalue weighted by Gasteiger charge is -2.35. The van der Waals surface area contributed by atoms with Crippen LogP contribution in [-0.4, -0.2) is 11.5 Å². The molecule has 0 saturated carbocycles. The van der Waals surface area contributed by atoms with Crippen LogP contribution in [-0.2, 0) is 0 Å². The highest BCUT2D eigenvalue weighted by atomic mass is 14.9. The lowest BCUT2D eigenvalue weighted by atomic mass is 9.75. The molecule has 0 fully saturated rings. The molecule has 2 heteroatoms. The minimum Gasteiger partial charge on any atom is -0.242 e. The van der Waals surface area contributed by atoms with Gasteiger partial charge in [-0.2, -0.15) is 0 Å². The summed E-state index contributed by atoms with van der Waals surface area (Å²) in [6, 6.07) is 2.20. The van der Waals surface area contributed by atoms with Crippen LogP contribution in [0.4, 0.5) is 0 Å². The second-order valence-electron chi connectivity index (χ2n) is 3.88. The van der Waals surface area contributed by atoms with Crippen molar-refractivity contribution in [3.63, 3.8) is 0 Å². The van der Waals surface area contributed by atoms with Crippen LogP contribution in [0.1, 0.15) is 41.0 Å². The van der Waals surface area contributed by atoms with Crippen molar-refractivity contribution in [3.05, 3.63) is 0 Å². The molecule has 0 unspecified atom stereocenters. The van der Waals surface area contributed by atoms with Crippen molar-refractivity contribution in [1.29, 1.82) is 5.41 Å². The average molecular weight is 168 g/mol. The molecule has 0 radical (unpaired) electrons. The first-order valence-electron chi connectivity index (χ1n) is 4.64. The molecular weight excluding hydrogens is 148 g/mol. The summed E-state index contributed by atoms with van der Waals surface area (Å²) in [4.78, 5) is 4.19. The molecule has 1 N–H and O–H groups in total. The Morgan fingerprint density at radius 1 is 1.25 bits per heavy atom. The van der Waals surface area contributed by atoms with Gasteiger partial charge in [0.2, 0.25) is 0 Å². The Morgan fingerprint density at radius 2 is 1.67 bits per heavy atom. The summed E-state index contributed by atoms with van der Waals surface area (Å²) in [5.41, 5.74) is -0.0816. The maximum absolute atomic E-state index is 6.93. The summed E-state index contributed by atoms with van der Waals surface area (Å²) >= 11 is 0. The highest BCUT2D eigenvalue weighted by Crippen LogP contribution is 2.33. The third-order valence-corrected chi connectivity index (χ3v) is 2.83. The van der Waals surface area contributed by atoms with Crippen molar-refractivity contribution in [3.8, 4) is 0 Å². The lowest BCUT2D eigenvalue weighted by molar-refractivity contribution is 0.220. The summed E-state index contributed by atoms with van der Waals surface area (Å²) in [7, 11) is 0. The van der Waals surface area contributed by atoms with Gasteiger partial charge in [0, 0.05) is 0 Å². The monoisotopic (exact) mass is 168 g/mol. The first-order chi connectivity index (χ1) is 5.51. The van der Waals surface area contributed by atoms with Crippen LogP contribution < -0.4 is 0 Å². The Balaban J connectivity index is 4.88. The molecule has 0 aliphatic heterocycles. The second-order valence-corrected chi connectivity index (χ2v) is 3.88. The molecule has 0 spiro atoms. The molecule has 0 aromatic carbocycles. The lowest BCUT2D eigenvalue weighted by Crippen LogP contribution is -2.37. The predicted molar refractivity (Wildman–Crippen MR) is 52.9 cm³/mol. The third kappa shape index (κ3) is 1.95. The molecular formula is C10H20N2. The van der Waals surface area contributed by atoms with Gasteiger partial charge < -0.3 is 0 Å². The minimum atomic E-state index is -0.0816. The van der Waals surface area contributed by atoms with Gasteiger partial charge in [-0.1, -0.05) is 34.6 Å². The van der Waals surface area contributed by atoms with E-state index in [1.165, 1.54) is 0 Å². The van der Waals surface area contributed by atoms with Gasteiger partial charge in [0.1, 0.15) is 0 Å². The summed E-state index contributed by atoms with van der Waals surface area (Å²) in [6.45, 7) is 10.8. The van der Waals surface area contributed by atoms with Gasteiger partial charge >= 0.3 is 0 Å².